The van der Waals surface area contributed by atoms with Crippen LogP contribution >= 0.6 is 11.3 Å². The van der Waals surface area contributed by atoms with Gasteiger partial charge in [0.2, 0.25) is 5.91 Å². The van der Waals surface area contributed by atoms with Gasteiger partial charge >= 0.3 is 5.97 Å². The minimum Gasteiger partial charge on any atom is -0.480 e. The van der Waals surface area contributed by atoms with E-state index in [0.29, 0.717) is 19.6 Å². The van der Waals surface area contributed by atoms with E-state index in [1.54, 1.807) is 22.3 Å². The molecule has 0 aromatic carbocycles. The van der Waals surface area contributed by atoms with E-state index in [2.05, 4.69) is 0 Å². The number of hydrogen-bond acceptors (Lipinski definition) is 4. The van der Waals surface area contributed by atoms with Crippen LogP contribution in [-0.4, -0.2) is 59.5 Å². The van der Waals surface area contributed by atoms with Gasteiger partial charge in [-0.05, 0) is 36.4 Å². The molecule has 1 aromatic heterocycles. The summed E-state index contributed by atoms with van der Waals surface area (Å²) < 4.78 is 0. The van der Waals surface area contributed by atoms with E-state index in [-0.39, 0.29) is 12.5 Å². The summed E-state index contributed by atoms with van der Waals surface area (Å²) in [7, 11) is 0. The summed E-state index contributed by atoms with van der Waals surface area (Å²) in [5.41, 5.74) is 1.17. The molecule has 1 amide bonds. The number of amides is 1. The second-order valence-electron chi connectivity index (χ2n) is 5.15. The molecule has 2 rings (SSSR count). The molecule has 0 radical (unpaired) electrons. The van der Waals surface area contributed by atoms with Gasteiger partial charge in [0.25, 0.3) is 0 Å². The Hall–Kier alpha value is -1.66. The number of rotatable bonds is 4. The molecule has 0 bridgehead atoms. The lowest BCUT2D eigenvalue weighted by atomic mass is 10.2. The Bertz CT molecular complexity index is 539. The number of nitrogens with zero attached hydrogens (tertiary/aromatic N) is 2. The van der Waals surface area contributed by atoms with Crippen LogP contribution in [0.1, 0.15) is 16.9 Å². The molecule has 6 heteroatoms. The van der Waals surface area contributed by atoms with E-state index in [4.69, 9.17) is 5.11 Å². The van der Waals surface area contributed by atoms with Gasteiger partial charge in [0.15, 0.2) is 0 Å². The SMILES string of the molecule is Cc1ccsc1C=CC(=O)N1CCCN(CC(=O)O)CC1. The van der Waals surface area contributed by atoms with Gasteiger partial charge in [-0.1, -0.05) is 0 Å². The van der Waals surface area contributed by atoms with Crippen molar-refractivity contribution in [2.24, 2.45) is 0 Å². The van der Waals surface area contributed by atoms with Crippen LogP contribution in [0.15, 0.2) is 17.5 Å². The van der Waals surface area contributed by atoms with E-state index in [0.717, 1.165) is 17.8 Å². The lowest BCUT2D eigenvalue weighted by molar-refractivity contribution is -0.138. The van der Waals surface area contributed by atoms with Gasteiger partial charge in [0.05, 0.1) is 6.54 Å². The number of carboxylic acids is 1. The summed E-state index contributed by atoms with van der Waals surface area (Å²) in [5.74, 6) is -0.817. The first-order valence-electron chi connectivity index (χ1n) is 7.01. The molecule has 0 unspecified atom stereocenters. The highest BCUT2D eigenvalue weighted by Gasteiger charge is 2.18. The quantitative estimate of drug-likeness (QED) is 0.860. The van der Waals surface area contributed by atoms with Crippen LogP contribution < -0.4 is 0 Å². The summed E-state index contributed by atoms with van der Waals surface area (Å²) in [4.78, 5) is 27.7. The zero-order valence-corrected chi connectivity index (χ0v) is 12.9. The normalized spacial score (nSPS) is 17.1. The first-order valence-corrected chi connectivity index (χ1v) is 7.89. The molecule has 5 nitrogen and oxygen atoms in total. The largest absolute Gasteiger partial charge is 0.480 e. The van der Waals surface area contributed by atoms with E-state index in [9.17, 15) is 9.59 Å². The van der Waals surface area contributed by atoms with Crippen molar-refractivity contribution in [1.29, 1.82) is 0 Å². The molecule has 114 valence electrons. The maximum absolute atomic E-state index is 12.2. The monoisotopic (exact) mass is 308 g/mol. The molecule has 1 aliphatic rings. The van der Waals surface area contributed by atoms with Crippen LogP contribution in [0.2, 0.25) is 0 Å². The van der Waals surface area contributed by atoms with E-state index >= 15 is 0 Å². The van der Waals surface area contributed by atoms with Gasteiger partial charge in [-0.15, -0.1) is 11.3 Å². The smallest absolute Gasteiger partial charge is 0.317 e. The van der Waals surface area contributed by atoms with Gasteiger partial charge < -0.3 is 10.0 Å². The van der Waals surface area contributed by atoms with Crippen molar-refractivity contribution in [3.8, 4) is 0 Å². The van der Waals surface area contributed by atoms with Crippen molar-refractivity contribution in [3.05, 3.63) is 28.0 Å². The van der Waals surface area contributed by atoms with Crippen LogP contribution in [0, 0.1) is 6.92 Å². The zero-order chi connectivity index (χ0) is 15.2. The number of carbonyl (C=O) groups excluding carboxylic acids is 1. The Morgan fingerprint density at radius 1 is 1.33 bits per heavy atom. The van der Waals surface area contributed by atoms with Gasteiger partial charge in [-0.25, -0.2) is 0 Å². The third kappa shape index (κ3) is 4.68. The lowest BCUT2D eigenvalue weighted by Gasteiger charge is -2.19. The molecule has 21 heavy (non-hydrogen) atoms. The molecular weight excluding hydrogens is 288 g/mol. The fourth-order valence-corrected chi connectivity index (χ4v) is 3.17. The van der Waals surface area contributed by atoms with E-state index < -0.39 is 5.97 Å². The van der Waals surface area contributed by atoms with E-state index in [1.165, 1.54) is 5.56 Å². The Kier molecular flexibility index (Phi) is 5.52. The van der Waals surface area contributed by atoms with Crippen molar-refractivity contribution >= 4 is 29.3 Å². The zero-order valence-electron chi connectivity index (χ0n) is 12.1. The maximum Gasteiger partial charge on any atom is 0.317 e. The van der Waals surface area contributed by atoms with Crippen molar-refractivity contribution in [1.82, 2.24) is 9.80 Å². The molecule has 1 N–H and O–H groups in total. The highest BCUT2D eigenvalue weighted by molar-refractivity contribution is 7.11. The number of carbonyl (C=O) groups is 2. The van der Waals surface area contributed by atoms with Crippen molar-refractivity contribution in [2.75, 3.05) is 32.7 Å². The summed E-state index contributed by atoms with van der Waals surface area (Å²) >= 11 is 1.62. The number of thiophene rings is 1. The highest BCUT2D eigenvalue weighted by Crippen LogP contribution is 2.17. The minimum absolute atomic E-state index is 0.0000231. The molecule has 1 aromatic rings. The van der Waals surface area contributed by atoms with Gasteiger partial charge in [0, 0.05) is 37.1 Å². The predicted octanol–water partition coefficient (Wildman–Crippen LogP) is 1.69. The number of hydrogen-bond donors (Lipinski definition) is 1. The van der Waals surface area contributed by atoms with Crippen LogP contribution in [-0.2, 0) is 9.59 Å². The summed E-state index contributed by atoms with van der Waals surface area (Å²) in [6.45, 7) is 4.68. The Balaban J connectivity index is 1.90. The molecule has 2 heterocycles. The van der Waals surface area contributed by atoms with Gasteiger partial charge in [-0.3, -0.25) is 14.5 Å². The summed E-state index contributed by atoms with van der Waals surface area (Å²) in [6.07, 6.45) is 4.29. The number of aryl methyl sites for hydroxylation is 1. The second kappa shape index (κ2) is 7.38. The van der Waals surface area contributed by atoms with Crippen LogP contribution in [0.4, 0.5) is 0 Å². The minimum atomic E-state index is -0.817. The Labute approximate surface area is 128 Å². The predicted molar refractivity (Wildman–Crippen MR) is 83.4 cm³/mol. The third-order valence-corrected chi connectivity index (χ3v) is 4.52. The van der Waals surface area contributed by atoms with Crippen molar-refractivity contribution in [3.63, 3.8) is 0 Å². The van der Waals surface area contributed by atoms with Gasteiger partial charge in [0.1, 0.15) is 0 Å². The second-order valence-corrected chi connectivity index (χ2v) is 6.10. The van der Waals surface area contributed by atoms with E-state index in [1.807, 2.05) is 29.3 Å². The molecular formula is C15H20N2O3S. The fraction of sp³-hybridized carbons (Fsp3) is 0.467. The lowest BCUT2D eigenvalue weighted by Crippen LogP contribution is -2.36. The molecule has 0 aliphatic carbocycles. The number of aliphatic carboxylic acids is 1. The maximum atomic E-state index is 12.2. The third-order valence-electron chi connectivity index (χ3n) is 3.54. The van der Waals surface area contributed by atoms with Crippen LogP contribution in [0.5, 0.6) is 0 Å². The molecule has 1 saturated heterocycles. The molecule has 1 fully saturated rings. The van der Waals surface area contributed by atoms with Crippen molar-refractivity contribution in [2.45, 2.75) is 13.3 Å². The first-order chi connectivity index (χ1) is 10.1. The molecule has 0 spiro atoms. The topological polar surface area (TPSA) is 60.9 Å². The highest BCUT2D eigenvalue weighted by atomic mass is 32.1. The van der Waals surface area contributed by atoms with Crippen LogP contribution in [0.3, 0.4) is 0 Å². The Morgan fingerprint density at radius 2 is 2.14 bits per heavy atom. The average molecular weight is 308 g/mol. The van der Waals surface area contributed by atoms with Crippen molar-refractivity contribution < 1.29 is 14.7 Å². The van der Waals surface area contributed by atoms with Gasteiger partial charge in [-0.2, -0.15) is 0 Å². The summed E-state index contributed by atoms with van der Waals surface area (Å²) in [6, 6.07) is 2.03. The average Bonchev–Trinajstić information content (AvgIpc) is 2.70. The molecule has 0 atom stereocenters. The Morgan fingerprint density at radius 3 is 2.81 bits per heavy atom. The molecule has 0 saturated carbocycles. The fourth-order valence-electron chi connectivity index (χ4n) is 2.35. The first kappa shape index (κ1) is 15.7. The standard InChI is InChI=1S/C15H20N2O3S/c1-12-5-10-21-13(12)3-4-14(18)17-7-2-6-16(8-9-17)11-15(19)20/h3-5,10H,2,6-9,11H2,1H3,(H,19,20). The van der Waals surface area contributed by atoms with Crippen LogP contribution in [0.25, 0.3) is 6.08 Å². The molecule has 1 aliphatic heterocycles. The summed E-state index contributed by atoms with van der Waals surface area (Å²) in [5, 5.41) is 10.8. The number of carboxylic acid groups (broad SMARTS) is 1.